The molecule has 1 aromatic heterocycles. The predicted octanol–water partition coefficient (Wildman–Crippen LogP) is 0.888. The SMILES string of the molecule is CC(C)N(CCC(=O)O)S(=O)(=O)c1ccc[nH]1. The van der Waals surface area contributed by atoms with E-state index in [1.165, 1.54) is 16.6 Å². The number of nitrogens with zero attached hydrogens (tertiary/aromatic N) is 1. The van der Waals surface area contributed by atoms with Crippen molar-refractivity contribution < 1.29 is 18.3 Å². The summed E-state index contributed by atoms with van der Waals surface area (Å²) in [5, 5.41) is 8.69. The van der Waals surface area contributed by atoms with E-state index in [2.05, 4.69) is 4.98 Å². The highest BCUT2D eigenvalue weighted by atomic mass is 32.2. The maximum Gasteiger partial charge on any atom is 0.304 e. The van der Waals surface area contributed by atoms with Crippen LogP contribution in [0.1, 0.15) is 20.3 Å². The lowest BCUT2D eigenvalue weighted by molar-refractivity contribution is -0.137. The molecule has 0 unspecified atom stereocenters. The van der Waals surface area contributed by atoms with Crippen molar-refractivity contribution in [2.75, 3.05) is 6.54 Å². The lowest BCUT2D eigenvalue weighted by atomic mass is 10.3. The molecule has 0 spiro atoms. The summed E-state index contributed by atoms with van der Waals surface area (Å²) in [5.74, 6) is -1.02. The van der Waals surface area contributed by atoms with Crippen LogP contribution in [0.25, 0.3) is 0 Å². The normalized spacial score (nSPS) is 12.2. The lowest BCUT2D eigenvalue weighted by Gasteiger charge is -2.24. The Kier molecular flexibility index (Phi) is 4.30. The number of sulfonamides is 1. The molecule has 0 aromatic carbocycles. The molecule has 7 heteroatoms. The largest absolute Gasteiger partial charge is 0.481 e. The van der Waals surface area contributed by atoms with E-state index in [4.69, 9.17) is 5.11 Å². The number of hydrogen-bond donors (Lipinski definition) is 2. The van der Waals surface area contributed by atoms with Crippen molar-refractivity contribution in [1.82, 2.24) is 9.29 Å². The van der Waals surface area contributed by atoms with Gasteiger partial charge in [-0.25, -0.2) is 8.42 Å². The zero-order valence-corrected chi connectivity index (χ0v) is 10.6. The van der Waals surface area contributed by atoms with Gasteiger partial charge in [0.25, 0.3) is 10.0 Å². The fourth-order valence-electron chi connectivity index (χ4n) is 1.46. The average molecular weight is 260 g/mol. The lowest BCUT2D eigenvalue weighted by Crippen LogP contribution is -2.38. The van der Waals surface area contributed by atoms with Crippen LogP contribution in [0.3, 0.4) is 0 Å². The minimum Gasteiger partial charge on any atom is -0.481 e. The summed E-state index contributed by atoms with van der Waals surface area (Å²) in [4.78, 5) is 13.1. The Balaban J connectivity index is 2.95. The third-order valence-electron chi connectivity index (χ3n) is 2.28. The van der Waals surface area contributed by atoms with Gasteiger partial charge in [0.1, 0.15) is 5.03 Å². The number of carbonyl (C=O) groups is 1. The van der Waals surface area contributed by atoms with Gasteiger partial charge in [0.05, 0.1) is 6.42 Å². The molecule has 17 heavy (non-hydrogen) atoms. The van der Waals surface area contributed by atoms with E-state index in [0.717, 1.165) is 0 Å². The average Bonchev–Trinajstić information content (AvgIpc) is 2.69. The highest BCUT2D eigenvalue weighted by Crippen LogP contribution is 2.16. The Bertz CT molecular complexity index is 465. The number of aliphatic carboxylic acids is 1. The number of aromatic amines is 1. The molecule has 0 bridgehead atoms. The summed E-state index contributed by atoms with van der Waals surface area (Å²) in [5.41, 5.74) is 0. The first-order valence-corrected chi connectivity index (χ1v) is 6.66. The van der Waals surface area contributed by atoms with E-state index in [9.17, 15) is 13.2 Å². The molecule has 0 aliphatic heterocycles. The highest BCUT2D eigenvalue weighted by Gasteiger charge is 2.27. The highest BCUT2D eigenvalue weighted by molar-refractivity contribution is 7.89. The maximum absolute atomic E-state index is 12.1. The predicted molar refractivity (Wildman–Crippen MR) is 62.1 cm³/mol. The van der Waals surface area contributed by atoms with E-state index in [1.54, 1.807) is 19.9 Å². The first-order valence-electron chi connectivity index (χ1n) is 5.22. The molecule has 2 N–H and O–H groups in total. The summed E-state index contributed by atoms with van der Waals surface area (Å²) in [6, 6.07) is 2.75. The van der Waals surface area contributed by atoms with Crippen LogP contribution in [0.2, 0.25) is 0 Å². The third-order valence-corrected chi connectivity index (χ3v) is 4.31. The maximum atomic E-state index is 12.1. The van der Waals surface area contributed by atoms with Gasteiger partial charge in [0.2, 0.25) is 0 Å². The minimum atomic E-state index is -3.64. The van der Waals surface area contributed by atoms with Gasteiger partial charge in [0, 0.05) is 18.8 Å². The van der Waals surface area contributed by atoms with Gasteiger partial charge in [0.15, 0.2) is 0 Å². The van der Waals surface area contributed by atoms with Crippen molar-refractivity contribution >= 4 is 16.0 Å². The second-order valence-corrected chi connectivity index (χ2v) is 5.75. The number of aromatic nitrogens is 1. The van der Waals surface area contributed by atoms with E-state index in [-0.39, 0.29) is 24.0 Å². The van der Waals surface area contributed by atoms with Crippen LogP contribution in [-0.4, -0.2) is 41.4 Å². The quantitative estimate of drug-likeness (QED) is 0.794. The van der Waals surface area contributed by atoms with Crippen LogP contribution in [0.4, 0.5) is 0 Å². The van der Waals surface area contributed by atoms with Gasteiger partial charge >= 0.3 is 5.97 Å². The van der Waals surface area contributed by atoms with Crippen molar-refractivity contribution in [3.63, 3.8) is 0 Å². The molecule has 0 fully saturated rings. The van der Waals surface area contributed by atoms with Gasteiger partial charge in [-0.2, -0.15) is 4.31 Å². The molecule has 0 aliphatic carbocycles. The summed E-state index contributed by atoms with van der Waals surface area (Å²) in [7, 11) is -3.64. The number of carboxylic acid groups (broad SMARTS) is 1. The standard InChI is InChI=1S/C10H16N2O4S/c1-8(2)12(7-5-10(13)14)17(15,16)9-4-3-6-11-9/h3-4,6,8,11H,5,7H2,1-2H3,(H,13,14). The van der Waals surface area contributed by atoms with Crippen LogP contribution in [0, 0.1) is 0 Å². The molecule has 0 saturated carbocycles. The Hall–Kier alpha value is -1.34. The topological polar surface area (TPSA) is 90.5 Å². The van der Waals surface area contributed by atoms with Crippen LogP contribution >= 0.6 is 0 Å². The molecular weight excluding hydrogens is 244 g/mol. The zero-order chi connectivity index (χ0) is 13.1. The van der Waals surface area contributed by atoms with Crippen molar-refractivity contribution in [3.8, 4) is 0 Å². The molecular formula is C10H16N2O4S. The van der Waals surface area contributed by atoms with Gasteiger partial charge in [-0.05, 0) is 26.0 Å². The Morgan fingerprint density at radius 1 is 1.53 bits per heavy atom. The van der Waals surface area contributed by atoms with Crippen molar-refractivity contribution in [2.24, 2.45) is 0 Å². The molecule has 1 aromatic rings. The first-order chi connectivity index (χ1) is 7.85. The van der Waals surface area contributed by atoms with E-state index < -0.39 is 16.0 Å². The molecule has 0 radical (unpaired) electrons. The molecule has 0 atom stereocenters. The molecule has 1 rings (SSSR count). The third kappa shape index (κ3) is 3.31. The van der Waals surface area contributed by atoms with Crippen molar-refractivity contribution in [1.29, 1.82) is 0 Å². The van der Waals surface area contributed by atoms with Gasteiger partial charge in [-0.15, -0.1) is 0 Å². The second-order valence-electron chi connectivity index (χ2n) is 3.89. The van der Waals surface area contributed by atoms with Crippen LogP contribution in [0.5, 0.6) is 0 Å². The van der Waals surface area contributed by atoms with Gasteiger partial charge in [-0.3, -0.25) is 4.79 Å². The number of H-pyrrole nitrogens is 1. The number of hydrogen-bond acceptors (Lipinski definition) is 3. The monoisotopic (exact) mass is 260 g/mol. The summed E-state index contributed by atoms with van der Waals surface area (Å²) in [6.07, 6.45) is 1.31. The van der Waals surface area contributed by atoms with Crippen LogP contribution in [-0.2, 0) is 14.8 Å². The van der Waals surface area contributed by atoms with Crippen LogP contribution in [0.15, 0.2) is 23.4 Å². The van der Waals surface area contributed by atoms with Crippen molar-refractivity contribution in [2.45, 2.75) is 31.3 Å². The van der Waals surface area contributed by atoms with E-state index in [1.807, 2.05) is 0 Å². The fourth-order valence-corrected chi connectivity index (χ4v) is 3.07. The molecule has 0 aliphatic rings. The van der Waals surface area contributed by atoms with E-state index >= 15 is 0 Å². The first kappa shape index (κ1) is 13.7. The fraction of sp³-hybridized carbons (Fsp3) is 0.500. The molecule has 6 nitrogen and oxygen atoms in total. The molecule has 96 valence electrons. The Morgan fingerprint density at radius 2 is 2.18 bits per heavy atom. The number of rotatable bonds is 6. The summed E-state index contributed by atoms with van der Waals surface area (Å²) >= 11 is 0. The smallest absolute Gasteiger partial charge is 0.304 e. The summed E-state index contributed by atoms with van der Waals surface area (Å²) < 4.78 is 25.5. The van der Waals surface area contributed by atoms with Crippen LogP contribution < -0.4 is 0 Å². The van der Waals surface area contributed by atoms with Crippen molar-refractivity contribution in [3.05, 3.63) is 18.3 Å². The second kappa shape index (κ2) is 5.33. The Labute approximate surface area is 100 Å². The summed E-state index contributed by atoms with van der Waals surface area (Å²) in [6.45, 7) is 3.39. The minimum absolute atomic E-state index is 0.0334. The van der Waals surface area contributed by atoms with Gasteiger partial charge < -0.3 is 10.1 Å². The number of carboxylic acids is 1. The molecule has 0 saturated heterocycles. The molecule has 0 amide bonds. The van der Waals surface area contributed by atoms with Gasteiger partial charge in [-0.1, -0.05) is 0 Å². The van der Waals surface area contributed by atoms with E-state index in [0.29, 0.717) is 0 Å². The number of nitrogens with one attached hydrogen (secondary N) is 1. The Morgan fingerprint density at radius 3 is 2.59 bits per heavy atom. The molecule has 1 heterocycles. The zero-order valence-electron chi connectivity index (χ0n) is 9.75.